The third-order valence-corrected chi connectivity index (χ3v) is 3.08. The van der Waals surface area contributed by atoms with Crippen molar-refractivity contribution in [2.45, 2.75) is 6.92 Å². The molecule has 0 aliphatic rings. The van der Waals surface area contributed by atoms with Crippen LogP contribution in [0.25, 0.3) is 11.1 Å². The molecule has 0 aliphatic carbocycles. The van der Waals surface area contributed by atoms with Crippen molar-refractivity contribution in [3.63, 3.8) is 0 Å². The molecule has 0 unspecified atom stereocenters. The number of halogens is 1. The average molecular weight is 261 g/mol. The smallest absolute Gasteiger partial charge is 0.150 e. The van der Waals surface area contributed by atoms with Crippen LogP contribution in [0.3, 0.4) is 0 Å². The Kier molecular flexibility index (Phi) is 3.68. The Labute approximate surface area is 111 Å². The second kappa shape index (κ2) is 5.23. The Morgan fingerprint density at radius 2 is 1.89 bits per heavy atom. The van der Waals surface area contributed by atoms with Gasteiger partial charge in [-0.3, -0.25) is 4.79 Å². The van der Waals surface area contributed by atoms with Crippen LogP contribution in [0.2, 0.25) is 5.02 Å². The quantitative estimate of drug-likeness (QED) is 0.776. The first kappa shape index (κ1) is 12.7. The van der Waals surface area contributed by atoms with E-state index in [9.17, 15) is 4.79 Å². The summed E-state index contributed by atoms with van der Waals surface area (Å²) in [5.74, 6) is 0.741. The van der Waals surface area contributed by atoms with Crippen LogP contribution < -0.4 is 4.74 Å². The standard InChI is InChI=1S/C15H13ClO2/c1-10-3-4-11(9-17)7-13(10)14-8-12(16)5-6-15(14)18-2/h3-9H,1-2H3. The molecule has 0 aliphatic heterocycles. The van der Waals surface area contributed by atoms with E-state index in [-0.39, 0.29) is 0 Å². The number of hydrogen-bond donors (Lipinski definition) is 0. The molecule has 3 heteroatoms. The molecule has 2 rings (SSSR count). The normalized spacial score (nSPS) is 10.2. The maximum absolute atomic E-state index is 10.9. The molecule has 0 heterocycles. The summed E-state index contributed by atoms with van der Waals surface area (Å²) in [6, 6.07) is 11.0. The highest BCUT2D eigenvalue weighted by molar-refractivity contribution is 6.31. The third kappa shape index (κ3) is 2.39. The van der Waals surface area contributed by atoms with Crippen molar-refractivity contribution in [1.29, 1.82) is 0 Å². The highest BCUT2D eigenvalue weighted by Gasteiger charge is 2.10. The lowest BCUT2D eigenvalue weighted by atomic mass is 9.97. The summed E-state index contributed by atoms with van der Waals surface area (Å²) >= 11 is 6.02. The van der Waals surface area contributed by atoms with E-state index in [1.807, 2.05) is 31.2 Å². The number of aldehydes is 1. The van der Waals surface area contributed by atoms with Gasteiger partial charge in [0, 0.05) is 16.1 Å². The molecule has 92 valence electrons. The molecule has 0 bridgehead atoms. The molecule has 0 amide bonds. The molecule has 0 aromatic heterocycles. The Morgan fingerprint density at radius 1 is 1.11 bits per heavy atom. The summed E-state index contributed by atoms with van der Waals surface area (Å²) in [5.41, 5.74) is 3.56. The van der Waals surface area contributed by atoms with Crippen molar-refractivity contribution in [2.75, 3.05) is 7.11 Å². The molecular formula is C15H13ClO2. The summed E-state index contributed by atoms with van der Waals surface area (Å²) in [7, 11) is 1.62. The van der Waals surface area contributed by atoms with Crippen molar-refractivity contribution in [3.05, 3.63) is 52.5 Å². The number of ether oxygens (including phenoxy) is 1. The van der Waals surface area contributed by atoms with E-state index in [1.165, 1.54) is 0 Å². The molecule has 0 atom stereocenters. The zero-order valence-electron chi connectivity index (χ0n) is 10.2. The predicted octanol–water partition coefficient (Wildman–Crippen LogP) is 4.14. The predicted molar refractivity (Wildman–Crippen MR) is 73.6 cm³/mol. The van der Waals surface area contributed by atoms with Gasteiger partial charge in [0.2, 0.25) is 0 Å². The largest absolute Gasteiger partial charge is 0.496 e. The second-order valence-electron chi connectivity index (χ2n) is 4.04. The molecule has 0 saturated heterocycles. The van der Waals surface area contributed by atoms with Crippen LogP contribution in [0.1, 0.15) is 15.9 Å². The molecule has 0 radical (unpaired) electrons. The van der Waals surface area contributed by atoms with E-state index < -0.39 is 0 Å². The highest BCUT2D eigenvalue weighted by atomic mass is 35.5. The van der Waals surface area contributed by atoms with Crippen molar-refractivity contribution < 1.29 is 9.53 Å². The molecule has 2 aromatic rings. The molecule has 2 nitrogen and oxygen atoms in total. The second-order valence-corrected chi connectivity index (χ2v) is 4.47. The van der Waals surface area contributed by atoms with Crippen LogP contribution in [0.5, 0.6) is 5.75 Å². The lowest BCUT2D eigenvalue weighted by Crippen LogP contribution is -1.91. The Balaban J connectivity index is 2.67. The van der Waals surface area contributed by atoms with Crippen molar-refractivity contribution in [1.82, 2.24) is 0 Å². The zero-order valence-corrected chi connectivity index (χ0v) is 11.0. The monoisotopic (exact) mass is 260 g/mol. The fraction of sp³-hybridized carbons (Fsp3) is 0.133. The fourth-order valence-electron chi connectivity index (χ4n) is 1.89. The van der Waals surface area contributed by atoms with E-state index in [1.54, 1.807) is 19.2 Å². The number of rotatable bonds is 3. The number of carbonyl (C=O) groups is 1. The first-order valence-corrected chi connectivity index (χ1v) is 5.93. The van der Waals surface area contributed by atoms with Gasteiger partial charge in [0.15, 0.2) is 0 Å². The topological polar surface area (TPSA) is 26.3 Å². The fourth-order valence-corrected chi connectivity index (χ4v) is 2.07. The molecular weight excluding hydrogens is 248 g/mol. The van der Waals surface area contributed by atoms with Gasteiger partial charge in [0.05, 0.1) is 7.11 Å². The number of aryl methyl sites for hydroxylation is 1. The van der Waals surface area contributed by atoms with Crippen LogP contribution in [0.4, 0.5) is 0 Å². The van der Waals surface area contributed by atoms with E-state index in [2.05, 4.69) is 0 Å². The van der Waals surface area contributed by atoms with Gasteiger partial charge in [-0.1, -0.05) is 23.7 Å². The van der Waals surface area contributed by atoms with Gasteiger partial charge >= 0.3 is 0 Å². The van der Waals surface area contributed by atoms with Crippen molar-refractivity contribution >= 4 is 17.9 Å². The van der Waals surface area contributed by atoms with Crippen LogP contribution in [-0.4, -0.2) is 13.4 Å². The third-order valence-electron chi connectivity index (χ3n) is 2.85. The van der Waals surface area contributed by atoms with Gasteiger partial charge in [-0.05, 0) is 42.3 Å². The van der Waals surface area contributed by atoms with E-state index in [0.717, 1.165) is 28.7 Å². The molecule has 0 N–H and O–H groups in total. The Bertz CT molecular complexity index is 591. The minimum atomic E-state index is 0.637. The van der Waals surface area contributed by atoms with Crippen molar-refractivity contribution in [3.8, 4) is 16.9 Å². The minimum absolute atomic E-state index is 0.637. The van der Waals surface area contributed by atoms with E-state index in [0.29, 0.717) is 10.6 Å². The molecule has 0 fully saturated rings. The summed E-state index contributed by atoms with van der Waals surface area (Å²) in [5, 5.41) is 0.640. The van der Waals surface area contributed by atoms with E-state index in [4.69, 9.17) is 16.3 Å². The number of carbonyl (C=O) groups excluding carboxylic acids is 1. The summed E-state index contributed by atoms with van der Waals surface area (Å²) in [6.07, 6.45) is 0.833. The maximum Gasteiger partial charge on any atom is 0.150 e. The number of hydrogen-bond acceptors (Lipinski definition) is 2. The lowest BCUT2D eigenvalue weighted by Gasteiger charge is -2.12. The summed E-state index contributed by atoms with van der Waals surface area (Å²) in [6.45, 7) is 1.99. The SMILES string of the molecule is COc1ccc(Cl)cc1-c1cc(C=O)ccc1C. The lowest BCUT2D eigenvalue weighted by molar-refractivity contribution is 0.112. The van der Waals surface area contributed by atoms with Crippen LogP contribution >= 0.6 is 11.6 Å². The Hall–Kier alpha value is -1.80. The zero-order chi connectivity index (χ0) is 13.1. The van der Waals surface area contributed by atoms with E-state index >= 15 is 0 Å². The molecule has 2 aromatic carbocycles. The van der Waals surface area contributed by atoms with Gasteiger partial charge < -0.3 is 4.74 Å². The van der Waals surface area contributed by atoms with Crippen LogP contribution in [0.15, 0.2) is 36.4 Å². The summed E-state index contributed by atoms with van der Waals surface area (Å²) < 4.78 is 5.34. The van der Waals surface area contributed by atoms with Gasteiger partial charge in [-0.25, -0.2) is 0 Å². The molecule has 0 saturated carbocycles. The van der Waals surface area contributed by atoms with Gasteiger partial charge in [0.25, 0.3) is 0 Å². The van der Waals surface area contributed by atoms with Crippen molar-refractivity contribution in [2.24, 2.45) is 0 Å². The molecule has 0 spiro atoms. The first-order chi connectivity index (χ1) is 8.65. The van der Waals surface area contributed by atoms with Gasteiger partial charge in [0.1, 0.15) is 12.0 Å². The van der Waals surface area contributed by atoms with Crippen LogP contribution in [0, 0.1) is 6.92 Å². The average Bonchev–Trinajstić information content (AvgIpc) is 2.39. The molecule has 18 heavy (non-hydrogen) atoms. The summed E-state index contributed by atoms with van der Waals surface area (Å²) in [4.78, 5) is 10.9. The number of methoxy groups -OCH3 is 1. The maximum atomic E-state index is 10.9. The van der Waals surface area contributed by atoms with Crippen LogP contribution in [-0.2, 0) is 0 Å². The highest BCUT2D eigenvalue weighted by Crippen LogP contribution is 2.34. The number of benzene rings is 2. The Morgan fingerprint density at radius 3 is 2.56 bits per heavy atom. The van der Waals surface area contributed by atoms with Gasteiger partial charge in [-0.2, -0.15) is 0 Å². The first-order valence-electron chi connectivity index (χ1n) is 5.55. The van der Waals surface area contributed by atoms with Gasteiger partial charge in [-0.15, -0.1) is 0 Å². The minimum Gasteiger partial charge on any atom is -0.496 e.